The summed E-state index contributed by atoms with van der Waals surface area (Å²) in [4.78, 5) is 0. The van der Waals surface area contributed by atoms with Crippen LogP contribution in [0.1, 0.15) is 51.4 Å². The zero-order valence-electron chi connectivity index (χ0n) is 9.61. The van der Waals surface area contributed by atoms with Crippen LogP contribution < -0.4 is 5.73 Å². The molecule has 0 saturated carbocycles. The van der Waals surface area contributed by atoms with Crippen molar-refractivity contribution in [3.8, 4) is 0 Å². The second-order valence-electron chi connectivity index (χ2n) is 4.04. The van der Waals surface area contributed by atoms with Crippen molar-refractivity contribution in [1.82, 2.24) is 0 Å². The van der Waals surface area contributed by atoms with Crippen molar-refractivity contribution in [2.24, 2.45) is 5.73 Å². The van der Waals surface area contributed by atoms with Gasteiger partial charge in [-0.3, -0.25) is 9.96 Å². The summed E-state index contributed by atoms with van der Waals surface area (Å²) < 4.78 is 29.3. The van der Waals surface area contributed by atoms with Gasteiger partial charge in [-0.1, -0.05) is 32.1 Å². The van der Waals surface area contributed by atoms with E-state index in [2.05, 4.69) is 0 Å². The van der Waals surface area contributed by atoms with Crippen LogP contribution in [0.2, 0.25) is 0 Å². The minimum Gasteiger partial charge on any atom is -0.388 e. The predicted molar refractivity (Wildman–Crippen MR) is 65.3 cm³/mol. The van der Waals surface area contributed by atoms with E-state index < -0.39 is 10.1 Å². The molecule has 16 heavy (non-hydrogen) atoms. The van der Waals surface area contributed by atoms with E-state index in [0.29, 0.717) is 12.8 Å². The molecular formula is C10H22N2O3S. The molecule has 96 valence electrons. The number of hydrogen-bond acceptors (Lipinski definition) is 3. The largest absolute Gasteiger partial charge is 0.388 e. The van der Waals surface area contributed by atoms with Gasteiger partial charge in [0.15, 0.2) is 0 Å². The summed E-state index contributed by atoms with van der Waals surface area (Å²) in [5.41, 5.74) is 5.22. The van der Waals surface area contributed by atoms with Gasteiger partial charge in [-0.05, 0) is 12.8 Å². The van der Waals surface area contributed by atoms with Gasteiger partial charge >= 0.3 is 0 Å². The third-order valence-electron chi connectivity index (χ3n) is 2.35. The highest BCUT2D eigenvalue weighted by Crippen LogP contribution is 2.08. The highest BCUT2D eigenvalue weighted by atomic mass is 32.2. The molecule has 0 aliphatic rings. The van der Waals surface area contributed by atoms with Crippen molar-refractivity contribution in [3.63, 3.8) is 0 Å². The first kappa shape index (κ1) is 15.4. The molecule has 0 rings (SSSR count). The minimum atomic E-state index is -3.77. The SMILES string of the molecule is N=C(N)CCCCCCCCCS(=O)(=O)O. The summed E-state index contributed by atoms with van der Waals surface area (Å²) in [6.07, 6.45) is 7.23. The second kappa shape index (κ2) is 8.52. The van der Waals surface area contributed by atoms with E-state index >= 15 is 0 Å². The molecule has 0 atom stereocenters. The quantitative estimate of drug-likeness (QED) is 0.238. The topological polar surface area (TPSA) is 104 Å². The summed E-state index contributed by atoms with van der Waals surface area (Å²) in [5.74, 6) is 0.116. The predicted octanol–water partition coefficient (Wildman–Crippen LogP) is 1.93. The van der Waals surface area contributed by atoms with Crippen LogP contribution in [0.15, 0.2) is 0 Å². The molecular weight excluding hydrogens is 228 g/mol. The van der Waals surface area contributed by atoms with Gasteiger partial charge in [-0.15, -0.1) is 0 Å². The molecule has 0 aromatic heterocycles. The number of unbranched alkanes of at least 4 members (excludes halogenated alkanes) is 6. The normalized spacial score (nSPS) is 11.6. The van der Waals surface area contributed by atoms with Crippen LogP contribution in [0.25, 0.3) is 0 Å². The lowest BCUT2D eigenvalue weighted by Crippen LogP contribution is -2.08. The van der Waals surface area contributed by atoms with Gasteiger partial charge in [0.25, 0.3) is 10.1 Å². The smallest absolute Gasteiger partial charge is 0.264 e. The van der Waals surface area contributed by atoms with Gasteiger partial charge in [0.2, 0.25) is 0 Å². The Balaban J connectivity index is 3.13. The Labute approximate surface area is 97.7 Å². The van der Waals surface area contributed by atoms with Crippen molar-refractivity contribution in [2.45, 2.75) is 51.4 Å². The standard InChI is InChI=1S/C10H22N2O3S/c11-10(12)8-6-4-2-1-3-5-7-9-16(13,14)15/h1-9H2,(H3,11,12)(H,13,14,15). The first-order valence-corrected chi connectivity index (χ1v) is 7.31. The van der Waals surface area contributed by atoms with Gasteiger partial charge in [-0.25, -0.2) is 0 Å². The lowest BCUT2D eigenvalue weighted by molar-refractivity contribution is 0.478. The molecule has 0 saturated heterocycles. The number of rotatable bonds is 10. The molecule has 0 radical (unpaired) electrons. The third-order valence-corrected chi connectivity index (χ3v) is 3.15. The Morgan fingerprint density at radius 3 is 1.88 bits per heavy atom. The average Bonchev–Trinajstić information content (AvgIpc) is 2.13. The summed E-state index contributed by atoms with van der Waals surface area (Å²) in [5, 5.41) is 7.02. The monoisotopic (exact) mass is 250 g/mol. The number of amidine groups is 1. The number of hydrogen-bond donors (Lipinski definition) is 3. The van der Waals surface area contributed by atoms with Gasteiger partial charge in [-0.2, -0.15) is 8.42 Å². The Bertz CT molecular complexity index is 288. The van der Waals surface area contributed by atoms with Crippen LogP contribution in [0.4, 0.5) is 0 Å². The van der Waals surface area contributed by atoms with E-state index in [4.69, 9.17) is 15.7 Å². The lowest BCUT2D eigenvalue weighted by Gasteiger charge is -2.01. The maximum Gasteiger partial charge on any atom is 0.264 e. The Hall–Kier alpha value is -0.620. The molecule has 0 aliphatic carbocycles. The number of nitrogens with one attached hydrogen (secondary N) is 1. The summed E-state index contributed by atoms with van der Waals surface area (Å²) >= 11 is 0. The Morgan fingerprint density at radius 2 is 1.44 bits per heavy atom. The van der Waals surface area contributed by atoms with Crippen LogP contribution in [-0.4, -0.2) is 24.6 Å². The molecule has 0 amide bonds. The van der Waals surface area contributed by atoms with Gasteiger partial charge in [0.05, 0.1) is 11.6 Å². The van der Waals surface area contributed by atoms with E-state index in [-0.39, 0.29) is 11.6 Å². The highest BCUT2D eigenvalue weighted by Gasteiger charge is 2.02. The fraction of sp³-hybridized carbons (Fsp3) is 0.900. The van der Waals surface area contributed by atoms with Crippen LogP contribution in [0, 0.1) is 5.41 Å². The molecule has 6 heteroatoms. The van der Waals surface area contributed by atoms with Crippen LogP contribution in [0.3, 0.4) is 0 Å². The molecule has 0 unspecified atom stereocenters. The minimum absolute atomic E-state index is 0.128. The van der Waals surface area contributed by atoms with Gasteiger partial charge < -0.3 is 5.73 Å². The third kappa shape index (κ3) is 13.4. The zero-order valence-corrected chi connectivity index (χ0v) is 10.4. The van der Waals surface area contributed by atoms with E-state index in [0.717, 1.165) is 38.5 Å². The van der Waals surface area contributed by atoms with Crippen molar-refractivity contribution in [1.29, 1.82) is 5.41 Å². The summed E-state index contributed by atoms with van der Waals surface area (Å²) in [6, 6.07) is 0. The molecule has 0 aromatic carbocycles. The Morgan fingerprint density at radius 1 is 1.00 bits per heavy atom. The first-order valence-electron chi connectivity index (χ1n) is 5.70. The van der Waals surface area contributed by atoms with E-state index in [1.54, 1.807) is 0 Å². The fourth-order valence-electron chi connectivity index (χ4n) is 1.48. The maximum atomic E-state index is 10.4. The molecule has 4 N–H and O–H groups in total. The molecule has 0 fully saturated rings. The van der Waals surface area contributed by atoms with Crippen molar-refractivity contribution in [2.75, 3.05) is 5.75 Å². The Kier molecular flexibility index (Phi) is 8.19. The van der Waals surface area contributed by atoms with E-state index in [1.807, 2.05) is 0 Å². The van der Waals surface area contributed by atoms with Crippen molar-refractivity contribution < 1.29 is 13.0 Å². The van der Waals surface area contributed by atoms with E-state index in [1.165, 1.54) is 0 Å². The fourth-order valence-corrected chi connectivity index (χ4v) is 2.05. The molecule has 0 aromatic rings. The second-order valence-corrected chi connectivity index (χ2v) is 5.61. The van der Waals surface area contributed by atoms with Crippen LogP contribution in [0.5, 0.6) is 0 Å². The van der Waals surface area contributed by atoms with Crippen LogP contribution in [-0.2, 0) is 10.1 Å². The maximum absolute atomic E-state index is 10.4. The average molecular weight is 250 g/mol. The molecule has 0 bridgehead atoms. The summed E-state index contributed by atoms with van der Waals surface area (Å²) in [6.45, 7) is 0. The van der Waals surface area contributed by atoms with Crippen molar-refractivity contribution in [3.05, 3.63) is 0 Å². The van der Waals surface area contributed by atoms with Gasteiger partial charge in [0.1, 0.15) is 0 Å². The van der Waals surface area contributed by atoms with Crippen LogP contribution >= 0.6 is 0 Å². The zero-order chi connectivity index (χ0) is 12.4. The first-order chi connectivity index (χ1) is 7.42. The summed E-state index contributed by atoms with van der Waals surface area (Å²) in [7, 11) is -3.77. The molecule has 0 spiro atoms. The highest BCUT2D eigenvalue weighted by molar-refractivity contribution is 7.85. The molecule has 5 nitrogen and oxygen atoms in total. The molecule has 0 aliphatic heterocycles. The number of nitrogens with two attached hydrogens (primary N) is 1. The lowest BCUT2D eigenvalue weighted by atomic mass is 10.1. The molecule has 0 heterocycles. The van der Waals surface area contributed by atoms with Crippen molar-refractivity contribution >= 4 is 16.0 Å². The van der Waals surface area contributed by atoms with E-state index in [9.17, 15) is 8.42 Å². The van der Waals surface area contributed by atoms with Gasteiger partial charge in [0, 0.05) is 6.42 Å².